The number of aromatic nitrogens is 2. The lowest BCUT2D eigenvalue weighted by Crippen LogP contribution is -2.46. The van der Waals surface area contributed by atoms with E-state index in [1.807, 2.05) is 0 Å². The molecule has 0 aliphatic carbocycles. The van der Waals surface area contributed by atoms with E-state index in [4.69, 9.17) is 4.98 Å². The predicted molar refractivity (Wildman–Crippen MR) is 84.4 cm³/mol. The van der Waals surface area contributed by atoms with Crippen molar-refractivity contribution in [3.63, 3.8) is 0 Å². The van der Waals surface area contributed by atoms with Crippen LogP contribution in [0.1, 0.15) is 57.3 Å². The van der Waals surface area contributed by atoms with E-state index in [-0.39, 0.29) is 0 Å². The van der Waals surface area contributed by atoms with Gasteiger partial charge in [-0.25, -0.2) is 9.97 Å². The normalized spacial score (nSPS) is 19.6. The Morgan fingerprint density at radius 2 is 2.15 bits per heavy atom. The third-order valence-electron chi connectivity index (χ3n) is 3.97. The van der Waals surface area contributed by atoms with Gasteiger partial charge in [-0.05, 0) is 44.7 Å². The first-order valence-electron chi connectivity index (χ1n) is 7.94. The Morgan fingerprint density at radius 3 is 2.85 bits per heavy atom. The number of nitrogens with one attached hydrogen (secondary N) is 1. The molecule has 1 aliphatic rings. The minimum atomic E-state index is 0.451. The van der Waals surface area contributed by atoms with Crippen LogP contribution < -0.4 is 10.2 Å². The summed E-state index contributed by atoms with van der Waals surface area (Å²) in [6, 6.07) is 2.64. The molecule has 0 saturated carbocycles. The van der Waals surface area contributed by atoms with Crippen LogP contribution in [0.2, 0.25) is 0 Å². The lowest BCUT2D eigenvalue weighted by Gasteiger charge is -2.36. The van der Waals surface area contributed by atoms with E-state index in [2.05, 4.69) is 49.0 Å². The zero-order chi connectivity index (χ0) is 14.5. The summed E-state index contributed by atoms with van der Waals surface area (Å²) >= 11 is 0. The number of hydrogen-bond acceptors (Lipinski definition) is 4. The summed E-state index contributed by atoms with van der Waals surface area (Å²) in [7, 11) is 0. The Balaban J connectivity index is 2.22. The maximum absolute atomic E-state index is 4.80. The fraction of sp³-hybridized carbons (Fsp3) is 0.750. The van der Waals surface area contributed by atoms with Crippen molar-refractivity contribution in [2.45, 2.75) is 58.9 Å². The van der Waals surface area contributed by atoms with Crippen LogP contribution in [0, 0.1) is 6.92 Å². The zero-order valence-corrected chi connectivity index (χ0v) is 13.3. The molecule has 1 aromatic heterocycles. The van der Waals surface area contributed by atoms with Crippen molar-refractivity contribution in [2.24, 2.45) is 0 Å². The predicted octanol–water partition coefficient (Wildman–Crippen LogP) is 2.88. The highest BCUT2D eigenvalue weighted by molar-refractivity contribution is 5.35. The molecule has 1 fully saturated rings. The Kier molecular flexibility index (Phi) is 5.35. The summed E-state index contributed by atoms with van der Waals surface area (Å²) in [5.41, 5.74) is 2.23. The van der Waals surface area contributed by atoms with Gasteiger partial charge in [0.1, 0.15) is 0 Å². The van der Waals surface area contributed by atoms with E-state index >= 15 is 0 Å². The van der Waals surface area contributed by atoms with E-state index in [0.717, 1.165) is 37.0 Å². The van der Waals surface area contributed by atoms with Crippen molar-refractivity contribution in [2.75, 3.05) is 24.5 Å². The molecule has 1 N–H and O–H groups in total. The van der Waals surface area contributed by atoms with Gasteiger partial charge < -0.3 is 10.2 Å². The molecule has 2 heterocycles. The second-order valence-corrected chi connectivity index (χ2v) is 6.04. The molecule has 0 amide bonds. The van der Waals surface area contributed by atoms with Gasteiger partial charge in [0.05, 0.1) is 0 Å². The first-order valence-corrected chi connectivity index (χ1v) is 7.94. The van der Waals surface area contributed by atoms with Crippen molar-refractivity contribution in [1.82, 2.24) is 15.3 Å². The van der Waals surface area contributed by atoms with Crippen LogP contribution in [0.5, 0.6) is 0 Å². The standard InChI is InChI=1S/C16H28N4/c1-5-17-11-14-8-6-7-9-20(14)16-18-13(4)10-15(19-16)12(2)3/h10,12,14,17H,5-9,11H2,1-4H3. The highest BCUT2D eigenvalue weighted by Crippen LogP contribution is 2.23. The number of anilines is 1. The molecular weight excluding hydrogens is 248 g/mol. The Labute approximate surface area is 123 Å². The Hall–Kier alpha value is -1.16. The SMILES string of the molecule is CCNCC1CCCCN1c1nc(C)cc(C(C)C)n1. The van der Waals surface area contributed by atoms with Crippen LogP contribution in [-0.2, 0) is 0 Å². The second kappa shape index (κ2) is 7.02. The molecular formula is C16H28N4. The average molecular weight is 276 g/mol. The summed E-state index contributed by atoms with van der Waals surface area (Å²) in [6.45, 7) is 11.8. The number of likely N-dealkylation sites (N-methyl/N-ethyl adjacent to an activating group) is 1. The molecule has 0 bridgehead atoms. The van der Waals surface area contributed by atoms with E-state index < -0.39 is 0 Å². The fourth-order valence-electron chi connectivity index (χ4n) is 2.79. The maximum Gasteiger partial charge on any atom is 0.226 e. The van der Waals surface area contributed by atoms with Gasteiger partial charge in [-0.2, -0.15) is 0 Å². The molecule has 0 aromatic carbocycles. The summed E-state index contributed by atoms with van der Waals surface area (Å²) in [5, 5.41) is 3.47. The van der Waals surface area contributed by atoms with Crippen LogP contribution in [0.15, 0.2) is 6.07 Å². The third-order valence-corrected chi connectivity index (χ3v) is 3.97. The lowest BCUT2D eigenvalue weighted by molar-refractivity contribution is 0.432. The summed E-state index contributed by atoms with van der Waals surface area (Å²) in [4.78, 5) is 11.9. The minimum Gasteiger partial charge on any atom is -0.337 e. The van der Waals surface area contributed by atoms with E-state index in [1.54, 1.807) is 0 Å². The molecule has 0 radical (unpaired) electrons. The number of hydrogen-bond donors (Lipinski definition) is 1. The van der Waals surface area contributed by atoms with Gasteiger partial charge in [0.2, 0.25) is 5.95 Å². The third kappa shape index (κ3) is 3.69. The van der Waals surface area contributed by atoms with Crippen LogP contribution in [0.25, 0.3) is 0 Å². The number of piperidine rings is 1. The van der Waals surface area contributed by atoms with Crippen LogP contribution in [-0.4, -0.2) is 35.6 Å². The smallest absolute Gasteiger partial charge is 0.226 e. The summed E-state index contributed by atoms with van der Waals surface area (Å²) in [5.74, 6) is 1.38. The highest BCUT2D eigenvalue weighted by atomic mass is 15.3. The quantitative estimate of drug-likeness (QED) is 0.898. The summed E-state index contributed by atoms with van der Waals surface area (Å²) in [6.07, 6.45) is 3.80. The van der Waals surface area contributed by atoms with E-state index in [1.165, 1.54) is 19.3 Å². The first-order chi connectivity index (χ1) is 9.61. The topological polar surface area (TPSA) is 41.0 Å². The largest absolute Gasteiger partial charge is 0.337 e. The van der Waals surface area contributed by atoms with Gasteiger partial charge in [0.25, 0.3) is 0 Å². The molecule has 1 aliphatic heterocycles. The van der Waals surface area contributed by atoms with Crippen molar-refractivity contribution in [3.8, 4) is 0 Å². The molecule has 1 atom stereocenters. The van der Waals surface area contributed by atoms with Gasteiger partial charge >= 0.3 is 0 Å². The molecule has 4 nitrogen and oxygen atoms in total. The summed E-state index contributed by atoms with van der Waals surface area (Å²) < 4.78 is 0. The maximum atomic E-state index is 4.80. The monoisotopic (exact) mass is 276 g/mol. The van der Waals surface area contributed by atoms with Crippen LogP contribution in [0.4, 0.5) is 5.95 Å². The van der Waals surface area contributed by atoms with Gasteiger partial charge in [-0.3, -0.25) is 0 Å². The molecule has 112 valence electrons. The van der Waals surface area contributed by atoms with E-state index in [0.29, 0.717) is 12.0 Å². The molecule has 20 heavy (non-hydrogen) atoms. The van der Waals surface area contributed by atoms with Crippen LogP contribution in [0.3, 0.4) is 0 Å². The van der Waals surface area contributed by atoms with Gasteiger partial charge in [-0.15, -0.1) is 0 Å². The minimum absolute atomic E-state index is 0.451. The van der Waals surface area contributed by atoms with Crippen molar-refractivity contribution in [1.29, 1.82) is 0 Å². The average Bonchev–Trinajstić information content (AvgIpc) is 2.44. The van der Waals surface area contributed by atoms with E-state index in [9.17, 15) is 0 Å². The lowest BCUT2D eigenvalue weighted by atomic mass is 10.0. The van der Waals surface area contributed by atoms with Crippen molar-refractivity contribution in [3.05, 3.63) is 17.5 Å². The first kappa shape index (κ1) is 15.2. The second-order valence-electron chi connectivity index (χ2n) is 6.04. The molecule has 1 saturated heterocycles. The Morgan fingerprint density at radius 1 is 1.35 bits per heavy atom. The fourth-order valence-corrected chi connectivity index (χ4v) is 2.79. The number of rotatable bonds is 5. The zero-order valence-electron chi connectivity index (χ0n) is 13.3. The molecule has 1 unspecified atom stereocenters. The highest BCUT2D eigenvalue weighted by Gasteiger charge is 2.24. The number of aryl methyl sites for hydroxylation is 1. The molecule has 2 rings (SSSR count). The van der Waals surface area contributed by atoms with Crippen molar-refractivity contribution < 1.29 is 0 Å². The molecule has 0 spiro atoms. The molecule has 1 aromatic rings. The number of nitrogens with zero attached hydrogens (tertiary/aromatic N) is 3. The van der Waals surface area contributed by atoms with Gasteiger partial charge in [0.15, 0.2) is 0 Å². The van der Waals surface area contributed by atoms with Crippen LogP contribution >= 0.6 is 0 Å². The van der Waals surface area contributed by atoms with Gasteiger partial charge in [-0.1, -0.05) is 20.8 Å². The molecule has 4 heteroatoms. The van der Waals surface area contributed by atoms with Gasteiger partial charge in [0, 0.05) is 30.5 Å². The van der Waals surface area contributed by atoms with Crippen molar-refractivity contribution >= 4 is 5.95 Å². The Bertz CT molecular complexity index is 430.